The summed E-state index contributed by atoms with van der Waals surface area (Å²) in [4.78, 5) is 4.86. The molecule has 9 rings (SSSR count). The fourth-order valence-electron chi connectivity index (χ4n) is 8.31. The van der Waals surface area contributed by atoms with E-state index in [1.165, 1.54) is 71.9 Å². The summed E-state index contributed by atoms with van der Waals surface area (Å²) in [5.41, 5.74) is 13.8. The summed E-state index contributed by atoms with van der Waals surface area (Å²) in [7, 11) is 0. The normalized spacial score (nSPS) is 12.6. The molecule has 0 fully saturated rings. The van der Waals surface area contributed by atoms with E-state index in [1.54, 1.807) is 0 Å². The molecular formula is C51H51AuN4+2. The van der Waals surface area contributed by atoms with Crippen molar-refractivity contribution in [1.82, 2.24) is 9.55 Å². The van der Waals surface area contributed by atoms with Crippen LogP contribution in [0.2, 0.25) is 0 Å². The zero-order valence-corrected chi connectivity index (χ0v) is 35.8. The van der Waals surface area contributed by atoms with Crippen LogP contribution in [-0.2, 0) is 22.4 Å². The first-order valence-electron chi connectivity index (χ1n) is 19.8. The molecule has 0 atom stereocenters. The topological polar surface area (TPSA) is 25.1 Å². The summed E-state index contributed by atoms with van der Waals surface area (Å²) in [6.07, 6.45) is 4.32. The Bertz CT molecular complexity index is 2680. The molecule has 0 bridgehead atoms. The zero-order chi connectivity index (χ0) is 38.4. The molecule has 6 aromatic carbocycles. The first-order valence-corrected chi connectivity index (χ1v) is 19.8. The average Bonchev–Trinajstić information content (AvgIpc) is 3.92. The molecule has 3 heterocycles. The Morgan fingerprint density at radius 2 is 0.946 bits per heavy atom. The third-order valence-electron chi connectivity index (χ3n) is 11.0. The van der Waals surface area contributed by atoms with Gasteiger partial charge in [0.15, 0.2) is 0 Å². The van der Waals surface area contributed by atoms with Gasteiger partial charge in [-0.3, -0.25) is 0 Å². The minimum Gasteiger partial charge on any atom is -0.657 e. The van der Waals surface area contributed by atoms with Crippen molar-refractivity contribution in [3.63, 3.8) is 0 Å². The van der Waals surface area contributed by atoms with E-state index in [1.807, 2.05) is 0 Å². The predicted molar refractivity (Wildman–Crippen MR) is 232 cm³/mol. The van der Waals surface area contributed by atoms with E-state index in [0.29, 0.717) is 23.7 Å². The van der Waals surface area contributed by atoms with Crippen molar-refractivity contribution in [3.8, 4) is 5.69 Å². The Morgan fingerprint density at radius 1 is 0.464 bits per heavy atom. The fraction of sp³-hybridized carbons (Fsp3) is 0.235. The van der Waals surface area contributed by atoms with Gasteiger partial charge >= 0.3 is 28.4 Å². The number of aromatic nitrogens is 2. The Kier molecular flexibility index (Phi) is 11.2. The zero-order valence-electron chi connectivity index (χ0n) is 33.7. The number of rotatable bonds is 7. The van der Waals surface area contributed by atoms with Crippen molar-refractivity contribution in [1.29, 1.82) is 0 Å². The Labute approximate surface area is 347 Å². The van der Waals surface area contributed by atoms with Gasteiger partial charge in [-0.2, -0.15) is 0 Å². The molecule has 0 amide bonds. The van der Waals surface area contributed by atoms with Crippen LogP contribution in [0, 0.1) is 0 Å². The quantitative estimate of drug-likeness (QED) is 0.115. The molecule has 0 saturated carbocycles. The van der Waals surface area contributed by atoms with Gasteiger partial charge in [-0.05, 0) is 52.6 Å². The van der Waals surface area contributed by atoms with E-state index in [-0.39, 0.29) is 22.4 Å². The maximum absolute atomic E-state index is 4.86. The summed E-state index contributed by atoms with van der Waals surface area (Å²) >= 11 is 0. The van der Waals surface area contributed by atoms with E-state index >= 15 is 0 Å². The van der Waals surface area contributed by atoms with Crippen LogP contribution in [0.4, 0.5) is 11.4 Å². The van der Waals surface area contributed by atoms with Gasteiger partial charge in [-0.1, -0.05) is 174 Å². The number of hydrogen-bond donors (Lipinski definition) is 0. The van der Waals surface area contributed by atoms with Crippen molar-refractivity contribution in [2.24, 2.45) is 0 Å². The number of benzene rings is 6. The van der Waals surface area contributed by atoms with E-state index < -0.39 is 0 Å². The minimum absolute atomic E-state index is 0. The van der Waals surface area contributed by atoms with Gasteiger partial charge < -0.3 is 9.55 Å². The second kappa shape index (κ2) is 16.1. The monoisotopic (exact) mass is 916 g/mol. The summed E-state index contributed by atoms with van der Waals surface area (Å²) in [5, 5.41) is 5.00. The molecule has 1 aliphatic heterocycles. The van der Waals surface area contributed by atoms with Crippen molar-refractivity contribution in [2.75, 3.05) is 0 Å². The van der Waals surface area contributed by atoms with Gasteiger partial charge in [-0.25, -0.2) is 0 Å². The van der Waals surface area contributed by atoms with Gasteiger partial charge in [0.05, 0.1) is 11.0 Å². The predicted octanol–water partition coefficient (Wildman–Crippen LogP) is 13.9. The molecule has 0 aliphatic carbocycles. The standard InChI is InChI=1S/C27H36N2.C24H15N2.Au/c1-18(2)22-11-9-12-23(19(3)4)26(22)28-15-16-29(17-28)27-24(20(5)6)13-10-14-25(27)21(7)8;1-2-8-16(9-3-1)26-22-13-7-5-10-17(22)18-14-15-21-23(24(18)26)19-11-4-6-12-20(19)25-21;/h9-16,18-21H,1-8H3;1-15H;/q+2;-1;+1. The SMILES string of the molecule is CC(C)c1cccc(C(C)C)c1[N+]1=C=[N+](c2c(C(C)C)cccc2C(C)C)C=C1.[Au+].c1ccc(-n2c3ccccc3c3ccc4[n-]c5ccccc5c4c32)cc1. The van der Waals surface area contributed by atoms with Crippen LogP contribution in [0.5, 0.6) is 0 Å². The smallest absolute Gasteiger partial charge is 0.657 e. The molecule has 0 spiro atoms. The summed E-state index contributed by atoms with van der Waals surface area (Å²) in [5.74, 6) is 1.84. The summed E-state index contributed by atoms with van der Waals surface area (Å²) < 4.78 is 6.78. The summed E-state index contributed by atoms with van der Waals surface area (Å²) in [6.45, 7) is 18.2. The van der Waals surface area contributed by atoms with Crippen molar-refractivity contribution < 1.29 is 31.5 Å². The summed E-state index contributed by atoms with van der Waals surface area (Å²) in [6, 6.07) is 49.1. The average molecular weight is 917 g/mol. The maximum Gasteiger partial charge on any atom is 1.00 e. The molecule has 2 aromatic heterocycles. The number of fused-ring (bicyclic) bond motifs is 7. The van der Waals surface area contributed by atoms with E-state index in [2.05, 4.69) is 215 Å². The van der Waals surface area contributed by atoms with Crippen molar-refractivity contribution >= 4 is 61.0 Å². The number of hydrogen-bond acceptors (Lipinski definition) is 0. The van der Waals surface area contributed by atoms with E-state index in [0.717, 1.165) is 11.0 Å². The van der Waals surface area contributed by atoms with Crippen LogP contribution < -0.4 is 4.98 Å². The first kappa shape index (κ1) is 39.0. The second-order valence-electron chi connectivity index (χ2n) is 16.0. The van der Waals surface area contributed by atoms with E-state index in [9.17, 15) is 0 Å². The molecule has 8 aromatic rings. The molecule has 4 nitrogen and oxygen atoms in total. The van der Waals surface area contributed by atoms with Crippen LogP contribution in [-0.4, -0.2) is 19.7 Å². The minimum atomic E-state index is 0. The molecular weight excluding hydrogens is 866 g/mol. The van der Waals surface area contributed by atoms with Crippen LogP contribution in [0.1, 0.15) is 101 Å². The Balaban J connectivity index is 0.000000169. The Morgan fingerprint density at radius 3 is 1.48 bits per heavy atom. The van der Waals surface area contributed by atoms with Gasteiger partial charge in [0, 0.05) is 38.7 Å². The molecule has 5 heteroatoms. The van der Waals surface area contributed by atoms with Crippen molar-refractivity contribution in [2.45, 2.75) is 79.1 Å². The van der Waals surface area contributed by atoms with Gasteiger partial charge in [0.2, 0.25) is 11.4 Å². The molecule has 1 aliphatic rings. The molecule has 56 heavy (non-hydrogen) atoms. The van der Waals surface area contributed by atoms with Crippen LogP contribution >= 0.6 is 0 Å². The van der Waals surface area contributed by atoms with Gasteiger partial charge in [0.1, 0.15) is 0 Å². The third-order valence-corrected chi connectivity index (χ3v) is 11.0. The maximum atomic E-state index is 4.86. The largest absolute Gasteiger partial charge is 1.00 e. The molecule has 284 valence electrons. The van der Waals surface area contributed by atoms with Crippen LogP contribution in [0.3, 0.4) is 0 Å². The Hall–Kier alpha value is -5.22. The molecule has 0 unspecified atom stereocenters. The molecule has 0 radical (unpaired) electrons. The number of nitrogens with zero attached hydrogens (tertiary/aromatic N) is 4. The van der Waals surface area contributed by atoms with Gasteiger partial charge in [-0.15, -0.1) is 11.0 Å². The third kappa shape index (κ3) is 6.93. The first-order chi connectivity index (χ1) is 26.6. The fourth-order valence-corrected chi connectivity index (χ4v) is 8.31. The van der Waals surface area contributed by atoms with E-state index in [4.69, 9.17) is 4.98 Å². The number of para-hydroxylation sites is 5. The van der Waals surface area contributed by atoms with Crippen LogP contribution in [0.15, 0.2) is 140 Å². The molecule has 0 N–H and O–H groups in total. The van der Waals surface area contributed by atoms with Gasteiger partial charge in [0.25, 0.3) is 12.4 Å². The second-order valence-corrected chi connectivity index (χ2v) is 16.0. The molecule has 0 saturated heterocycles. The van der Waals surface area contributed by atoms with Crippen molar-refractivity contribution in [3.05, 3.63) is 162 Å². The van der Waals surface area contributed by atoms with Crippen LogP contribution in [0.25, 0.3) is 49.3 Å².